The fourth-order valence-electron chi connectivity index (χ4n) is 3.82. The quantitative estimate of drug-likeness (QED) is 0.558. The maximum Gasteiger partial charge on any atom is 0.337 e. The molecular weight excluding hydrogens is 442 g/mol. The van der Waals surface area contributed by atoms with Crippen LogP contribution in [0.2, 0.25) is 0 Å². The van der Waals surface area contributed by atoms with Gasteiger partial charge in [0, 0.05) is 6.54 Å². The minimum atomic E-state index is -4.20. The molecule has 4 rings (SSSR count). The number of methoxy groups -OCH3 is 1. The molecule has 0 bridgehead atoms. The van der Waals surface area contributed by atoms with E-state index in [1.165, 1.54) is 36.3 Å². The van der Waals surface area contributed by atoms with E-state index in [9.17, 15) is 23.1 Å². The number of esters is 1. The number of aliphatic hydroxyl groups is 1. The molecule has 0 fully saturated rings. The molecule has 1 aliphatic heterocycles. The van der Waals surface area contributed by atoms with Crippen LogP contribution in [0.4, 0.5) is 0 Å². The highest BCUT2D eigenvalue weighted by Crippen LogP contribution is 2.43. The Morgan fingerprint density at radius 1 is 0.939 bits per heavy atom. The Morgan fingerprint density at radius 2 is 1.52 bits per heavy atom. The average Bonchev–Trinajstić information content (AvgIpc) is 3.10. The van der Waals surface area contributed by atoms with Gasteiger partial charge in [0.15, 0.2) is 5.76 Å². The number of hydrogen-bond acceptors (Lipinski definition) is 6. The van der Waals surface area contributed by atoms with Crippen LogP contribution in [0.5, 0.6) is 0 Å². The molecule has 3 aromatic rings. The van der Waals surface area contributed by atoms with E-state index < -0.39 is 33.5 Å². The molecule has 0 spiro atoms. The predicted molar refractivity (Wildman–Crippen MR) is 121 cm³/mol. The summed E-state index contributed by atoms with van der Waals surface area (Å²) in [7, 11) is -2.94. The lowest BCUT2D eigenvalue weighted by atomic mass is 10.0. The summed E-state index contributed by atoms with van der Waals surface area (Å²) in [5.74, 6) is -2.13. The van der Waals surface area contributed by atoms with E-state index in [-0.39, 0.29) is 21.9 Å². The standard InChI is InChI=1S/C25H21NO6S/c1-32-25(29)19-14-12-18(13-15-19)21-23(33(30,31)20-10-6-3-7-11-20)22(27)24(28)26(21)16-17-8-4-2-5-9-17/h2-15,21,27H,16H2,1H3/t21-/m0/s1. The lowest BCUT2D eigenvalue weighted by molar-refractivity contribution is -0.130. The molecule has 33 heavy (non-hydrogen) atoms. The largest absolute Gasteiger partial charge is 0.502 e. The van der Waals surface area contributed by atoms with Crippen LogP contribution in [0.25, 0.3) is 0 Å². The summed E-state index contributed by atoms with van der Waals surface area (Å²) in [5.41, 5.74) is 1.49. The van der Waals surface area contributed by atoms with Gasteiger partial charge in [-0.1, -0.05) is 60.7 Å². The summed E-state index contributed by atoms with van der Waals surface area (Å²) in [5, 5.41) is 10.8. The molecule has 0 unspecified atom stereocenters. The van der Waals surface area contributed by atoms with Crippen LogP contribution in [-0.4, -0.2) is 37.4 Å². The molecular formula is C25H21NO6S. The zero-order valence-corrected chi connectivity index (χ0v) is 18.5. The van der Waals surface area contributed by atoms with Crippen molar-refractivity contribution in [2.45, 2.75) is 17.5 Å². The third-order valence-corrected chi connectivity index (χ3v) is 7.33. The number of aliphatic hydroxyl groups excluding tert-OH is 1. The number of benzene rings is 3. The topological polar surface area (TPSA) is 101 Å². The second kappa shape index (κ2) is 8.91. The van der Waals surface area contributed by atoms with Gasteiger partial charge >= 0.3 is 5.97 Å². The van der Waals surface area contributed by atoms with Crippen molar-refractivity contribution in [2.24, 2.45) is 0 Å². The number of rotatable bonds is 6. The van der Waals surface area contributed by atoms with Crippen molar-refractivity contribution in [3.63, 3.8) is 0 Å². The van der Waals surface area contributed by atoms with Crippen LogP contribution in [0.15, 0.2) is 100 Å². The molecule has 0 radical (unpaired) electrons. The van der Waals surface area contributed by atoms with Gasteiger partial charge in [-0.25, -0.2) is 13.2 Å². The number of amides is 1. The van der Waals surface area contributed by atoms with Crippen LogP contribution >= 0.6 is 0 Å². The smallest absolute Gasteiger partial charge is 0.337 e. The first-order valence-corrected chi connectivity index (χ1v) is 11.6. The number of ether oxygens (including phenoxy) is 1. The molecule has 0 aromatic heterocycles. The highest BCUT2D eigenvalue weighted by Gasteiger charge is 2.46. The number of carbonyl (C=O) groups is 2. The van der Waals surface area contributed by atoms with E-state index in [4.69, 9.17) is 4.74 Å². The summed E-state index contributed by atoms with van der Waals surface area (Å²) >= 11 is 0. The Hall–Kier alpha value is -3.91. The van der Waals surface area contributed by atoms with E-state index in [1.807, 2.05) is 30.3 Å². The third kappa shape index (κ3) is 4.12. The SMILES string of the molecule is COC(=O)c1ccc([C@H]2C(S(=O)(=O)c3ccccc3)=C(O)C(=O)N2Cc2ccccc2)cc1. The molecule has 1 heterocycles. The Bertz CT molecular complexity index is 1320. The maximum absolute atomic E-state index is 13.5. The molecule has 7 nitrogen and oxygen atoms in total. The maximum atomic E-state index is 13.5. The van der Waals surface area contributed by atoms with E-state index in [2.05, 4.69) is 0 Å². The molecule has 0 aliphatic carbocycles. The molecule has 3 aromatic carbocycles. The molecule has 1 aliphatic rings. The Kier molecular flexibility index (Phi) is 6.02. The highest BCUT2D eigenvalue weighted by molar-refractivity contribution is 7.95. The highest BCUT2D eigenvalue weighted by atomic mass is 32.2. The van der Waals surface area contributed by atoms with Crippen molar-refractivity contribution in [3.8, 4) is 0 Å². The minimum Gasteiger partial charge on any atom is -0.502 e. The van der Waals surface area contributed by atoms with Gasteiger partial charge in [0.25, 0.3) is 5.91 Å². The van der Waals surface area contributed by atoms with Crippen molar-refractivity contribution >= 4 is 21.7 Å². The molecule has 168 valence electrons. The predicted octanol–water partition coefficient (Wildman–Crippen LogP) is 3.80. The van der Waals surface area contributed by atoms with Crippen molar-refractivity contribution in [1.82, 2.24) is 4.90 Å². The van der Waals surface area contributed by atoms with Crippen molar-refractivity contribution in [3.05, 3.63) is 112 Å². The molecule has 0 saturated heterocycles. The van der Waals surface area contributed by atoms with Gasteiger partial charge in [-0.15, -0.1) is 0 Å². The van der Waals surface area contributed by atoms with Crippen LogP contribution in [0, 0.1) is 0 Å². The van der Waals surface area contributed by atoms with Gasteiger partial charge in [-0.3, -0.25) is 4.79 Å². The van der Waals surface area contributed by atoms with E-state index in [0.717, 1.165) is 5.56 Å². The van der Waals surface area contributed by atoms with Crippen molar-refractivity contribution < 1.29 is 27.9 Å². The van der Waals surface area contributed by atoms with Crippen LogP contribution < -0.4 is 0 Å². The molecule has 8 heteroatoms. The first-order chi connectivity index (χ1) is 15.8. The average molecular weight is 464 g/mol. The lowest BCUT2D eigenvalue weighted by Crippen LogP contribution is -2.30. The van der Waals surface area contributed by atoms with Crippen LogP contribution in [0.3, 0.4) is 0 Å². The molecule has 1 N–H and O–H groups in total. The van der Waals surface area contributed by atoms with Gasteiger partial charge in [0.05, 0.1) is 23.6 Å². The van der Waals surface area contributed by atoms with E-state index >= 15 is 0 Å². The zero-order chi connectivity index (χ0) is 23.6. The summed E-state index contributed by atoms with van der Waals surface area (Å²) in [4.78, 5) is 25.8. The fourth-order valence-corrected chi connectivity index (χ4v) is 5.49. The fraction of sp³-hybridized carbons (Fsp3) is 0.120. The van der Waals surface area contributed by atoms with Crippen molar-refractivity contribution in [2.75, 3.05) is 7.11 Å². The first kappa shape index (κ1) is 22.3. The second-order valence-electron chi connectivity index (χ2n) is 7.46. The summed E-state index contributed by atoms with van der Waals surface area (Å²) in [6.07, 6.45) is 0. The molecule has 0 saturated carbocycles. The van der Waals surface area contributed by atoms with Gasteiger partial charge in [0.2, 0.25) is 9.84 Å². The summed E-state index contributed by atoms with van der Waals surface area (Å²) < 4.78 is 31.8. The van der Waals surface area contributed by atoms with Crippen LogP contribution in [-0.2, 0) is 25.9 Å². The van der Waals surface area contributed by atoms with E-state index in [0.29, 0.717) is 5.56 Å². The van der Waals surface area contributed by atoms with Gasteiger partial charge in [-0.05, 0) is 35.4 Å². The number of nitrogens with zero attached hydrogens (tertiary/aromatic N) is 1. The number of sulfone groups is 1. The molecule has 1 amide bonds. The lowest BCUT2D eigenvalue weighted by Gasteiger charge is -2.27. The molecule has 1 atom stereocenters. The summed E-state index contributed by atoms with van der Waals surface area (Å²) in [6, 6.07) is 21.8. The summed E-state index contributed by atoms with van der Waals surface area (Å²) in [6.45, 7) is 0.0843. The number of hydrogen-bond donors (Lipinski definition) is 1. The van der Waals surface area contributed by atoms with E-state index in [1.54, 1.807) is 30.3 Å². The van der Waals surface area contributed by atoms with Gasteiger partial charge in [0.1, 0.15) is 4.91 Å². The van der Waals surface area contributed by atoms with Crippen molar-refractivity contribution in [1.29, 1.82) is 0 Å². The minimum absolute atomic E-state index is 0.0305. The third-order valence-electron chi connectivity index (χ3n) is 5.44. The van der Waals surface area contributed by atoms with Gasteiger partial charge < -0.3 is 14.7 Å². The second-order valence-corrected chi connectivity index (χ2v) is 9.38. The normalized spacial score (nSPS) is 16.2. The van der Waals surface area contributed by atoms with Crippen LogP contribution in [0.1, 0.15) is 27.5 Å². The van der Waals surface area contributed by atoms with Gasteiger partial charge in [-0.2, -0.15) is 0 Å². The monoisotopic (exact) mass is 463 g/mol. The first-order valence-electron chi connectivity index (χ1n) is 10.1. The Balaban J connectivity index is 1.84. The Labute approximate surface area is 191 Å². The zero-order valence-electron chi connectivity index (χ0n) is 17.7. The Morgan fingerprint density at radius 3 is 2.09 bits per heavy atom. The number of carbonyl (C=O) groups excluding carboxylic acids is 2.